The molecule has 8 heteroatoms. The lowest BCUT2D eigenvalue weighted by Gasteiger charge is -2.42. The van der Waals surface area contributed by atoms with Crippen LogP contribution in [-0.4, -0.2) is 41.1 Å². The predicted octanol–water partition coefficient (Wildman–Crippen LogP) is 3.94. The average molecular weight is 472 g/mol. The van der Waals surface area contributed by atoms with Crippen LogP contribution in [0.15, 0.2) is 60.7 Å². The summed E-state index contributed by atoms with van der Waals surface area (Å²) in [5.41, 5.74) is 5.23. The fourth-order valence-corrected chi connectivity index (χ4v) is 3.57. The van der Waals surface area contributed by atoms with Gasteiger partial charge in [-0.3, -0.25) is 5.43 Å². The molecule has 2 aromatic carbocycles. The van der Waals surface area contributed by atoms with Crippen LogP contribution in [0.4, 0.5) is 9.59 Å². The Morgan fingerprint density at radius 3 is 2.00 bits per heavy atom. The minimum atomic E-state index is -1.07. The van der Waals surface area contributed by atoms with Crippen LogP contribution in [0.2, 0.25) is 0 Å². The highest BCUT2D eigenvalue weighted by Gasteiger charge is 2.43. The summed E-state index contributed by atoms with van der Waals surface area (Å²) in [7, 11) is 0. The number of hydrogen-bond donors (Lipinski definition) is 4. The number of benzene rings is 2. The zero-order chi connectivity index (χ0) is 25.2. The quantitative estimate of drug-likeness (QED) is 0.391. The standard InChI is InChI=1S/C26H37N3O5/c1-19(2)26(16-20-12-8-6-9-13-20,22(30)17-27-29-24(32)34-25(3,4)5)28-23(31)33-18-21-14-10-7-11-15-21/h6-15,19,22,27,30H,16-18H2,1-5H3,(H,28,31)(H,29,32)/t22-,26+/m1/s1. The smallest absolute Gasteiger partial charge is 0.422 e. The summed E-state index contributed by atoms with van der Waals surface area (Å²) in [6.45, 7) is 9.21. The van der Waals surface area contributed by atoms with Crippen molar-refractivity contribution in [2.45, 2.75) is 64.9 Å². The molecule has 0 aliphatic carbocycles. The van der Waals surface area contributed by atoms with Gasteiger partial charge >= 0.3 is 12.2 Å². The Labute approximate surface area is 202 Å². The van der Waals surface area contributed by atoms with Gasteiger partial charge in [-0.15, -0.1) is 0 Å². The molecule has 2 atom stereocenters. The van der Waals surface area contributed by atoms with Gasteiger partial charge in [0.05, 0.1) is 11.6 Å². The molecule has 0 aromatic heterocycles. The molecule has 0 bridgehead atoms. The summed E-state index contributed by atoms with van der Waals surface area (Å²) >= 11 is 0. The van der Waals surface area contributed by atoms with Gasteiger partial charge in [0.25, 0.3) is 0 Å². The Kier molecular flexibility index (Phi) is 9.89. The molecule has 0 saturated carbocycles. The summed E-state index contributed by atoms with van der Waals surface area (Å²) in [5, 5.41) is 14.2. The van der Waals surface area contributed by atoms with E-state index in [0.29, 0.717) is 6.42 Å². The van der Waals surface area contributed by atoms with Crippen LogP contribution in [-0.2, 0) is 22.5 Å². The number of hydrazine groups is 1. The molecule has 0 unspecified atom stereocenters. The number of amides is 2. The molecule has 2 aromatic rings. The summed E-state index contributed by atoms with van der Waals surface area (Å²) in [6.07, 6.45) is -1.99. The molecule has 0 heterocycles. The van der Waals surface area contributed by atoms with Gasteiger partial charge in [-0.05, 0) is 44.2 Å². The number of aliphatic hydroxyl groups is 1. The normalized spacial score (nSPS) is 14.1. The first-order chi connectivity index (χ1) is 16.0. The monoisotopic (exact) mass is 471 g/mol. The van der Waals surface area contributed by atoms with Gasteiger partial charge in [-0.2, -0.15) is 0 Å². The molecule has 4 N–H and O–H groups in total. The summed E-state index contributed by atoms with van der Waals surface area (Å²) in [4.78, 5) is 24.8. The number of aliphatic hydroxyl groups excluding tert-OH is 1. The van der Waals surface area contributed by atoms with Crippen LogP contribution in [0.5, 0.6) is 0 Å². The zero-order valence-corrected chi connectivity index (χ0v) is 20.6. The molecule has 186 valence electrons. The first-order valence-corrected chi connectivity index (χ1v) is 11.4. The first kappa shape index (κ1) is 27.1. The maximum Gasteiger partial charge on any atom is 0.422 e. The van der Waals surface area contributed by atoms with Crippen molar-refractivity contribution < 1.29 is 24.2 Å². The highest BCUT2D eigenvalue weighted by molar-refractivity contribution is 5.69. The number of carbonyl (C=O) groups excluding carboxylic acids is 2. The molecule has 34 heavy (non-hydrogen) atoms. The van der Waals surface area contributed by atoms with Gasteiger partial charge in [0.15, 0.2) is 0 Å². The molecule has 0 aliphatic heterocycles. The second-order valence-electron chi connectivity index (χ2n) is 9.57. The van der Waals surface area contributed by atoms with E-state index in [-0.39, 0.29) is 19.1 Å². The Hall–Kier alpha value is -3.10. The van der Waals surface area contributed by atoms with Crippen molar-refractivity contribution in [3.05, 3.63) is 71.8 Å². The highest BCUT2D eigenvalue weighted by Crippen LogP contribution is 2.27. The number of alkyl carbamates (subject to hydrolysis) is 1. The number of nitrogens with one attached hydrogen (secondary N) is 3. The van der Waals surface area contributed by atoms with Crippen LogP contribution in [0.1, 0.15) is 45.7 Å². The third-order valence-electron chi connectivity index (χ3n) is 5.40. The van der Waals surface area contributed by atoms with Crippen molar-refractivity contribution in [3.8, 4) is 0 Å². The molecular weight excluding hydrogens is 434 g/mol. The number of carbonyl (C=O) groups is 2. The molecular formula is C26H37N3O5. The second kappa shape index (κ2) is 12.4. The maximum atomic E-state index is 12.8. The lowest BCUT2D eigenvalue weighted by Crippen LogP contribution is -2.64. The average Bonchev–Trinajstić information content (AvgIpc) is 2.77. The van der Waals surface area contributed by atoms with Gasteiger partial charge < -0.3 is 19.9 Å². The first-order valence-electron chi connectivity index (χ1n) is 11.4. The van der Waals surface area contributed by atoms with E-state index in [9.17, 15) is 14.7 Å². The molecule has 0 aliphatic rings. The Morgan fingerprint density at radius 1 is 0.912 bits per heavy atom. The molecule has 2 amide bonds. The van der Waals surface area contributed by atoms with E-state index in [1.807, 2.05) is 74.5 Å². The van der Waals surface area contributed by atoms with Crippen LogP contribution in [0.3, 0.4) is 0 Å². The Bertz CT molecular complexity index is 900. The molecule has 2 rings (SSSR count). The molecule has 8 nitrogen and oxygen atoms in total. The van der Waals surface area contributed by atoms with Crippen molar-refractivity contribution in [2.75, 3.05) is 6.54 Å². The minimum absolute atomic E-state index is 0.0246. The zero-order valence-electron chi connectivity index (χ0n) is 20.6. The Morgan fingerprint density at radius 2 is 1.47 bits per heavy atom. The predicted molar refractivity (Wildman–Crippen MR) is 131 cm³/mol. The minimum Gasteiger partial charge on any atom is -0.445 e. The van der Waals surface area contributed by atoms with Gasteiger partial charge in [-0.25, -0.2) is 15.0 Å². The third kappa shape index (κ3) is 8.68. The molecule has 0 saturated heterocycles. The molecule has 0 fully saturated rings. The van der Waals surface area contributed by atoms with E-state index >= 15 is 0 Å². The van der Waals surface area contributed by atoms with E-state index in [1.165, 1.54) is 0 Å². The SMILES string of the molecule is CC(C)[C@](Cc1ccccc1)(NC(=O)OCc1ccccc1)[C@H](O)CNNC(=O)OC(C)(C)C. The topological polar surface area (TPSA) is 109 Å². The largest absolute Gasteiger partial charge is 0.445 e. The van der Waals surface area contributed by atoms with Crippen LogP contribution in [0, 0.1) is 5.92 Å². The highest BCUT2D eigenvalue weighted by atomic mass is 16.6. The summed E-state index contributed by atoms with van der Waals surface area (Å²) in [6, 6.07) is 19.0. The fraction of sp³-hybridized carbons (Fsp3) is 0.462. The summed E-state index contributed by atoms with van der Waals surface area (Å²) < 4.78 is 10.7. The van der Waals surface area contributed by atoms with Crippen molar-refractivity contribution >= 4 is 12.2 Å². The number of hydrogen-bond acceptors (Lipinski definition) is 6. The van der Waals surface area contributed by atoms with Gasteiger partial charge in [0.1, 0.15) is 12.2 Å². The van der Waals surface area contributed by atoms with E-state index in [0.717, 1.165) is 11.1 Å². The second-order valence-corrected chi connectivity index (χ2v) is 9.57. The third-order valence-corrected chi connectivity index (χ3v) is 5.40. The van der Waals surface area contributed by atoms with Crippen molar-refractivity contribution in [2.24, 2.45) is 5.92 Å². The number of rotatable bonds is 10. The van der Waals surface area contributed by atoms with E-state index < -0.39 is 29.4 Å². The van der Waals surface area contributed by atoms with Gasteiger partial charge in [0, 0.05) is 6.54 Å². The fourth-order valence-electron chi connectivity index (χ4n) is 3.57. The maximum absolute atomic E-state index is 12.8. The van der Waals surface area contributed by atoms with Crippen LogP contribution >= 0.6 is 0 Å². The van der Waals surface area contributed by atoms with Crippen molar-refractivity contribution in [3.63, 3.8) is 0 Å². The summed E-state index contributed by atoms with van der Waals surface area (Å²) in [5.74, 6) is -0.171. The van der Waals surface area contributed by atoms with Gasteiger partial charge in [-0.1, -0.05) is 74.5 Å². The van der Waals surface area contributed by atoms with Crippen molar-refractivity contribution in [1.29, 1.82) is 0 Å². The van der Waals surface area contributed by atoms with Crippen molar-refractivity contribution in [1.82, 2.24) is 16.2 Å². The van der Waals surface area contributed by atoms with E-state index in [2.05, 4.69) is 16.2 Å². The lowest BCUT2D eigenvalue weighted by molar-refractivity contribution is 0.0180. The molecule has 0 radical (unpaired) electrons. The van der Waals surface area contributed by atoms with E-state index in [4.69, 9.17) is 9.47 Å². The number of ether oxygens (including phenoxy) is 2. The van der Waals surface area contributed by atoms with E-state index in [1.54, 1.807) is 20.8 Å². The Balaban J connectivity index is 2.14. The van der Waals surface area contributed by atoms with Crippen LogP contribution in [0.25, 0.3) is 0 Å². The van der Waals surface area contributed by atoms with Crippen LogP contribution < -0.4 is 16.2 Å². The van der Waals surface area contributed by atoms with Gasteiger partial charge in [0.2, 0.25) is 0 Å². The molecule has 0 spiro atoms. The lowest BCUT2D eigenvalue weighted by atomic mass is 9.76.